The highest BCUT2D eigenvalue weighted by Gasteiger charge is 2.29. The molecule has 2 nitrogen and oxygen atoms in total. The Morgan fingerprint density at radius 2 is 2.27 bits per heavy atom. The molecule has 0 spiro atoms. The molecule has 0 N–H and O–H groups in total. The molecule has 0 saturated heterocycles. The molecule has 0 aromatic rings. The second-order valence-corrected chi connectivity index (χ2v) is 2.69. The molecule has 1 aliphatic carbocycles. The Morgan fingerprint density at radius 1 is 1.64 bits per heavy atom. The SMILES string of the molecule is C=CCOC(=O)C(=C)C1CC1. The fourth-order valence-electron chi connectivity index (χ4n) is 0.826. The number of ether oxygens (including phenoxy) is 1. The Bertz CT molecular complexity index is 190. The van der Waals surface area contributed by atoms with E-state index >= 15 is 0 Å². The van der Waals surface area contributed by atoms with Crippen LogP contribution in [-0.4, -0.2) is 12.6 Å². The summed E-state index contributed by atoms with van der Waals surface area (Å²) in [7, 11) is 0. The second-order valence-electron chi connectivity index (χ2n) is 2.69. The van der Waals surface area contributed by atoms with Crippen LogP contribution in [0.3, 0.4) is 0 Å². The van der Waals surface area contributed by atoms with E-state index in [9.17, 15) is 4.79 Å². The van der Waals surface area contributed by atoms with Crippen molar-refractivity contribution >= 4 is 5.97 Å². The Labute approximate surface area is 66.5 Å². The van der Waals surface area contributed by atoms with Gasteiger partial charge in [0.05, 0.1) is 0 Å². The minimum Gasteiger partial charge on any atom is -0.458 e. The van der Waals surface area contributed by atoms with Crippen LogP contribution in [0, 0.1) is 5.92 Å². The fourth-order valence-corrected chi connectivity index (χ4v) is 0.826. The maximum Gasteiger partial charge on any atom is 0.333 e. The van der Waals surface area contributed by atoms with Gasteiger partial charge >= 0.3 is 5.97 Å². The molecule has 1 aliphatic rings. The van der Waals surface area contributed by atoms with Crippen molar-refractivity contribution in [2.75, 3.05) is 6.61 Å². The fraction of sp³-hybridized carbons (Fsp3) is 0.444. The lowest BCUT2D eigenvalue weighted by Crippen LogP contribution is -2.08. The first kappa shape index (κ1) is 8.05. The van der Waals surface area contributed by atoms with Gasteiger partial charge in [0.15, 0.2) is 0 Å². The lowest BCUT2D eigenvalue weighted by atomic mass is 10.2. The molecule has 1 saturated carbocycles. The van der Waals surface area contributed by atoms with Crippen molar-refractivity contribution in [1.29, 1.82) is 0 Å². The summed E-state index contributed by atoms with van der Waals surface area (Å²) in [6.45, 7) is 7.39. The quantitative estimate of drug-likeness (QED) is 0.348. The van der Waals surface area contributed by atoms with Gasteiger partial charge in [0.25, 0.3) is 0 Å². The zero-order valence-electron chi connectivity index (χ0n) is 6.51. The van der Waals surface area contributed by atoms with Crippen molar-refractivity contribution in [2.45, 2.75) is 12.8 Å². The summed E-state index contributed by atoms with van der Waals surface area (Å²) in [6.07, 6.45) is 3.72. The largest absolute Gasteiger partial charge is 0.458 e. The summed E-state index contributed by atoms with van der Waals surface area (Å²) in [5.74, 6) is 0.125. The highest BCUT2D eigenvalue weighted by Crippen LogP contribution is 2.35. The van der Waals surface area contributed by atoms with Crippen LogP contribution in [0.2, 0.25) is 0 Å². The third kappa shape index (κ3) is 2.22. The number of carbonyl (C=O) groups is 1. The minimum atomic E-state index is -0.271. The zero-order valence-corrected chi connectivity index (χ0v) is 6.51. The molecule has 0 atom stereocenters. The molecule has 60 valence electrons. The van der Waals surface area contributed by atoms with E-state index in [0.717, 1.165) is 12.8 Å². The first-order valence-corrected chi connectivity index (χ1v) is 3.72. The van der Waals surface area contributed by atoms with Gasteiger partial charge in [-0.2, -0.15) is 0 Å². The van der Waals surface area contributed by atoms with Gasteiger partial charge in [-0.05, 0) is 18.8 Å². The lowest BCUT2D eigenvalue weighted by molar-refractivity contribution is -0.138. The number of carbonyl (C=O) groups excluding carboxylic acids is 1. The van der Waals surface area contributed by atoms with Crippen LogP contribution in [-0.2, 0) is 9.53 Å². The topological polar surface area (TPSA) is 26.3 Å². The Hall–Kier alpha value is -1.05. The third-order valence-electron chi connectivity index (χ3n) is 1.66. The monoisotopic (exact) mass is 152 g/mol. The number of hydrogen-bond donors (Lipinski definition) is 0. The van der Waals surface area contributed by atoms with Gasteiger partial charge in [0, 0.05) is 5.57 Å². The van der Waals surface area contributed by atoms with E-state index in [2.05, 4.69) is 13.2 Å². The summed E-state index contributed by atoms with van der Waals surface area (Å²) < 4.78 is 4.80. The highest BCUT2D eigenvalue weighted by molar-refractivity contribution is 5.88. The Balaban J connectivity index is 2.27. The van der Waals surface area contributed by atoms with Gasteiger partial charge in [0.2, 0.25) is 0 Å². The molecule has 0 aliphatic heterocycles. The van der Waals surface area contributed by atoms with Gasteiger partial charge < -0.3 is 4.74 Å². The summed E-state index contributed by atoms with van der Waals surface area (Å²) in [5.41, 5.74) is 0.617. The molecule has 0 unspecified atom stereocenters. The second kappa shape index (κ2) is 3.37. The van der Waals surface area contributed by atoms with Crippen molar-refractivity contribution in [3.8, 4) is 0 Å². The van der Waals surface area contributed by atoms with Gasteiger partial charge in [0.1, 0.15) is 6.61 Å². The Kier molecular flexibility index (Phi) is 2.47. The van der Waals surface area contributed by atoms with E-state index in [-0.39, 0.29) is 12.6 Å². The maximum absolute atomic E-state index is 11.0. The summed E-state index contributed by atoms with van der Waals surface area (Å²) in [6, 6.07) is 0. The predicted octanol–water partition coefficient (Wildman–Crippen LogP) is 1.68. The van der Waals surface area contributed by atoms with Crippen LogP contribution in [0.5, 0.6) is 0 Å². The average molecular weight is 152 g/mol. The van der Waals surface area contributed by atoms with Gasteiger partial charge in [-0.25, -0.2) is 4.79 Å². The van der Waals surface area contributed by atoms with Crippen molar-refractivity contribution in [1.82, 2.24) is 0 Å². The molecule has 2 heteroatoms. The molecule has 1 fully saturated rings. The molecular formula is C9H12O2. The average Bonchev–Trinajstić information content (AvgIpc) is 2.81. The van der Waals surface area contributed by atoms with E-state index in [1.54, 1.807) is 6.08 Å². The van der Waals surface area contributed by atoms with Gasteiger partial charge in [-0.3, -0.25) is 0 Å². The summed E-state index contributed by atoms with van der Waals surface area (Å²) >= 11 is 0. The van der Waals surface area contributed by atoms with Crippen LogP contribution >= 0.6 is 0 Å². The molecule has 11 heavy (non-hydrogen) atoms. The van der Waals surface area contributed by atoms with Crippen LogP contribution < -0.4 is 0 Å². The molecule has 1 rings (SSSR count). The molecule has 0 radical (unpaired) electrons. The van der Waals surface area contributed by atoms with Crippen molar-refractivity contribution in [3.63, 3.8) is 0 Å². The van der Waals surface area contributed by atoms with Crippen molar-refractivity contribution in [2.24, 2.45) is 5.92 Å². The normalized spacial score (nSPS) is 15.6. The predicted molar refractivity (Wildman–Crippen MR) is 43.0 cm³/mol. The lowest BCUT2D eigenvalue weighted by Gasteiger charge is -2.01. The van der Waals surface area contributed by atoms with Crippen LogP contribution in [0.15, 0.2) is 24.8 Å². The van der Waals surface area contributed by atoms with Gasteiger partial charge in [-0.15, -0.1) is 0 Å². The number of rotatable bonds is 4. The molecule has 0 heterocycles. The number of hydrogen-bond acceptors (Lipinski definition) is 2. The molecule has 0 aromatic heterocycles. The minimum absolute atomic E-state index is 0.271. The Morgan fingerprint density at radius 3 is 2.73 bits per heavy atom. The van der Waals surface area contributed by atoms with E-state index < -0.39 is 0 Å². The first-order chi connectivity index (χ1) is 5.25. The zero-order chi connectivity index (χ0) is 8.27. The summed E-state index contributed by atoms with van der Waals surface area (Å²) in [5, 5.41) is 0. The third-order valence-corrected chi connectivity index (χ3v) is 1.66. The smallest absolute Gasteiger partial charge is 0.333 e. The van der Waals surface area contributed by atoms with Crippen LogP contribution in [0.1, 0.15) is 12.8 Å². The van der Waals surface area contributed by atoms with Crippen LogP contribution in [0.4, 0.5) is 0 Å². The van der Waals surface area contributed by atoms with Gasteiger partial charge in [-0.1, -0.05) is 19.2 Å². The molecule has 0 aromatic carbocycles. The summed E-state index contributed by atoms with van der Waals surface area (Å²) in [4.78, 5) is 11.0. The standard InChI is InChI=1S/C9H12O2/c1-3-6-11-9(10)7(2)8-4-5-8/h3,8H,1-2,4-6H2. The van der Waals surface area contributed by atoms with Crippen molar-refractivity contribution in [3.05, 3.63) is 24.8 Å². The van der Waals surface area contributed by atoms with E-state index in [4.69, 9.17) is 4.74 Å². The highest BCUT2D eigenvalue weighted by atomic mass is 16.5. The van der Waals surface area contributed by atoms with E-state index in [1.165, 1.54) is 0 Å². The van der Waals surface area contributed by atoms with E-state index in [1.807, 2.05) is 0 Å². The molecule has 0 bridgehead atoms. The first-order valence-electron chi connectivity index (χ1n) is 3.72. The molecular weight excluding hydrogens is 140 g/mol. The molecule has 0 amide bonds. The van der Waals surface area contributed by atoms with Crippen LogP contribution in [0.25, 0.3) is 0 Å². The van der Waals surface area contributed by atoms with E-state index in [0.29, 0.717) is 11.5 Å². The number of esters is 1. The maximum atomic E-state index is 11.0. The van der Waals surface area contributed by atoms with Crippen molar-refractivity contribution < 1.29 is 9.53 Å².